The highest BCUT2D eigenvalue weighted by molar-refractivity contribution is 5.74. The van der Waals surface area contributed by atoms with Gasteiger partial charge >= 0.3 is 5.97 Å². The highest BCUT2D eigenvalue weighted by atomic mass is 16.5. The molecule has 0 amide bonds. The summed E-state index contributed by atoms with van der Waals surface area (Å²) in [6.07, 6.45) is 2.49. The molecule has 3 saturated carbocycles. The smallest absolute Gasteiger partial charge is 0.309 e. The summed E-state index contributed by atoms with van der Waals surface area (Å²) in [6.45, 7) is 13.4. The maximum Gasteiger partial charge on any atom is 0.309 e. The van der Waals surface area contributed by atoms with E-state index in [0.29, 0.717) is 30.8 Å². The fourth-order valence-corrected chi connectivity index (χ4v) is 9.60. The van der Waals surface area contributed by atoms with E-state index in [1.54, 1.807) is 0 Å². The number of hydrogen-bond donors (Lipinski definition) is 4. The molecule has 0 aromatic rings. The first-order valence-electron chi connectivity index (χ1n) is 14.3. The summed E-state index contributed by atoms with van der Waals surface area (Å²) < 4.78 is 5.88. The number of fused-ring (bicyclic) bond motifs is 5. The van der Waals surface area contributed by atoms with Crippen molar-refractivity contribution in [2.75, 3.05) is 6.61 Å². The van der Waals surface area contributed by atoms with Gasteiger partial charge in [-0.3, -0.25) is 4.79 Å². The molecule has 1 aliphatic heterocycles. The molecule has 6 heteroatoms. The Morgan fingerprint density at radius 3 is 2.26 bits per heavy atom. The zero-order valence-corrected chi connectivity index (χ0v) is 22.7. The first kappa shape index (κ1) is 27.3. The molecule has 0 spiro atoms. The Balaban J connectivity index is 1.57. The van der Waals surface area contributed by atoms with E-state index < -0.39 is 24.4 Å². The molecule has 0 bridgehead atoms. The van der Waals surface area contributed by atoms with Gasteiger partial charge in [0.2, 0.25) is 0 Å². The summed E-state index contributed by atoms with van der Waals surface area (Å²) in [7, 11) is 0. The monoisotopic (exact) mass is 494 g/mol. The normalized spacial score (nSPS) is 47.1. The van der Waals surface area contributed by atoms with Gasteiger partial charge in [0.15, 0.2) is 0 Å². The highest BCUT2D eigenvalue weighted by Crippen LogP contribution is 2.66. The molecule has 4 rings (SSSR count). The van der Waals surface area contributed by atoms with Gasteiger partial charge in [-0.25, -0.2) is 0 Å². The molecule has 4 fully saturated rings. The minimum Gasteiger partial charge on any atom is -0.465 e. The Morgan fingerprint density at radius 2 is 1.63 bits per heavy atom. The number of cyclic esters (lactones) is 1. The van der Waals surface area contributed by atoms with E-state index >= 15 is 0 Å². The van der Waals surface area contributed by atoms with Crippen LogP contribution in [0.2, 0.25) is 0 Å². The minimum atomic E-state index is -0.867. The molecule has 0 radical (unpaired) electrons. The molecule has 35 heavy (non-hydrogen) atoms. The van der Waals surface area contributed by atoms with Crippen molar-refractivity contribution in [3.05, 3.63) is 0 Å². The lowest BCUT2D eigenvalue weighted by Crippen LogP contribution is -2.55. The summed E-state index contributed by atoms with van der Waals surface area (Å²) in [5, 5.41) is 43.2. The van der Waals surface area contributed by atoms with Crippen LogP contribution >= 0.6 is 0 Å². The molecule has 0 aromatic heterocycles. The van der Waals surface area contributed by atoms with Crippen LogP contribution in [-0.2, 0) is 9.53 Å². The number of aliphatic hydroxyl groups excluding tert-OH is 4. The van der Waals surface area contributed by atoms with Crippen molar-refractivity contribution in [1.82, 2.24) is 0 Å². The zero-order valence-electron chi connectivity index (χ0n) is 22.7. The van der Waals surface area contributed by atoms with Crippen molar-refractivity contribution in [2.45, 2.75) is 111 Å². The van der Waals surface area contributed by atoms with Crippen LogP contribution in [0.4, 0.5) is 0 Å². The molecule has 202 valence electrons. The summed E-state index contributed by atoms with van der Waals surface area (Å²) in [6, 6.07) is 0. The van der Waals surface area contributed by atoms with Gasteiger partial charge in [0.1, 0.15) is 0 Å². The zero-order chi connectivity index (χ0) is 25.9. The Hall–Kier alpha value is -0.690. The number of hydrogen-bond acceptors (Lipinski definition) is 6. The van der Waals surface area contributed by atoms with Crippen molar-refractivity contribution < 1.29 is 30.0 Å². The average molecular weight is 495 g/mol. The molecule has 1 saturated heterocycles. The predicted octanol–water partition coefficient (Wildman–Crippen LogP) is 3.78. The van der Waals surface area contributed by atoms with Crippen LogP contribution in [0.1, 0.15) is 86.5 Å². The van der Waals surface area contributed by atoms with Crippen molar-refractivity contribution in [2.24, 2.45) is 58.2 Å². The molecule has 13 atom stereocenters. The Morgan fingerprint density at radius 1 is 0.971 bits per heavy atom. The lowest BCUT2D eigenvalue weighted by atomic mass is 9.48. The van der Waals surface area contributed by atoms with Gasteiger partial charge in [0.25, 0.3) is 0 Å². The Bertz CT molecular complexity index is 770. The first-order valence-corrected chi connectivity index (χ1v) is 14.3. The van der Waals surface area contributed by atoms with E-state index in [4.69, 9.17) is 4.74 Å². The van der Waals surface area contributed by atoms with Gasteiger partial charge in [0.05, 0.1) is 36.9 Å². The van der Waals surface area contributed by atoms with Crippen molar-refractivity contribution in [3.8, 4) is 0 Å². The molecule has 1 heterocycles. The van der Waals surface area contributed by atoms with Crippen LogP contribution in [0.15, 0.2) is 0 Å². The third kappa shape index (κ3) is 4.38. The van der Waals surface area contributed by atoms with Gasteiger partial charge in [-0.15, -0.1) is 0 Å². The highest BCUT2D eigenvalue weighted by Gasteiger charge is 2.63. The largest absolute Gasteiger partial charge is 0.465 e. The van der Waals surface area contributed by atoms with Gasteiger partial charge < -0.3 is 25.2 Å². The number of carbonyl (C=O) groups is 1. The summed E-state index contributed by atoms with van der Waals surface area (Å²) in [5.41, 5.74) is -0.348. The average Bonchev–Trinajstić information content (AvgIpc) is 3.11. The SMILES string of the molecule is CC[C@@H](C(C)C)[C@H](O)[C@H](O)[C@@H](C)[C@H]1CC[C@H]2[C@@H]3COC(=O)[C@@H]4C[C@H](O)[C@H](O)C[C@]4(C)[C@H]3CC[C@]12C. The quantitative estimate of drug-likeness (QED) is 0.419. The predicted molar refractivity (Wildman–Crippen MR) is 134 cm³/mol. The number of rotatable bonds is 6. The maximum atomic E-state index is 13.0. The molecule has 0 aromatic carbocycles. The number of aliphatic hydroxyl groups is 4. The standard InChI is InChI=1S/C29H50O6/c1-7-17(15(2)3)26(33)25(32)16(4)19-8-9-20-18-14-35-27(34)22-12-23(30)24(31)13-29(22,6)21(18)10-11-28(19,20)5/h15-26,30-33H,7-14H2,1-6H3/t16-,17-,18-,19+,20-,21-,22-,23-,24+,25+,26-,28+,29+/m0/s1. The minimum absolute atomic E-state index is 0.00679. The maximum absolute atomic E-state index is 13.0. The number of ether oxygens (including phenoxy) is 1. The fraction of sp³-hybridized carbons (Fsp3) is 0.966. The molecular formula is C29H50O6. The van der Waals surface area contributed by atoms with Crippen LogP contribution < -0.4 is 0 Å². The molecule has 4 aliphatic rings. The van der Waals surface area contributed by atoms with Gasteiger partial charge in [-0.1, -0.05) is 48.0 Å². The molecular weight excluding hydrogens is 444 g/mol. The summed E-state index contributed by atoms with van der Waals surface area (Å²) in [5.74, 6) is 1.01. The molecule has 6 nitrogen and oxygen atoms in total. The summed E-state index contributed by atoms with van der Waals surface area (Å²) >= 11 is 0. The topological polar surface area (TPSA) is 107 Å². The molecule has 3 aliphatic carbocycles. The third-order valence-electron chi connectivity index (χ3n) is 11.7. The van der Waals surface area contributed by atoms with E-state index in [2.05, 4.69) is 41.5 Å². The van der Waals surface area contributed by atoms with Crippen molar-refractivity contribution in [1.29, 1.82) is 0 Å². The lowest BCUT2D eigenvalue weighted by molar-refractivity contribution is -0.162. The van der Waals surface area contributed by atoms with Crippen LogP contribution in [-0.4, -0.2) is 57.4 Å². The number of esters is 1. The molecule has 4 N–H and O–H groups in total. The Labute approximate surface area is 211 Å². The second-order valence-corrected chi connectivity index (χ2v) is 13.5. The van der Waals surface area contributed by atoms with E-state index in [0.717, 1.165) is 32.1 Å². The first-order chi connectivity index (χ1) is 16.4. The fourth-order valence-electron chi connectivity index (χ4n) is 9.60. The summed E-state index contributed by atoms with van der Waals surface area (Å²) in [4.78, 5) is 13.0. The van der Waals surface area contributed by atoms with Crippen LogP contribution in [0, 0.1) is 58.2 Å². The Kier molecular flexibility index (Phi) is 7.72. The van der Waals surface area contributed by atoms with Gasteiger partial charge in [0, 0.05) is 0 Å². The number of carbonyl (C=O) groups excluding carboxylic acids is 1. The van der Waals surface area contributed by atoms with E-state index in [1.807, 2.05) is 0 Å². The van der Waals surface area contributed by atoms with Crippen LogP contribution in [0.25, 0.3) is 0 Å². The second kappa shape index (κ2) is 9.89. The second-order valence-electron chi connectivity index (χ2n) is 13.5. The van der Waals surface area contributed by atoms with Crippen molar-refractivity contribution in [3.63, 3.8) is 0 Å². The van der Waals surface area contributed by atoms with Gasteiger partial charge in [-0.2, -0.15) is 0 Å². The van der Waals surface area contributed by atoms with Gasteiger partial charge in [-0.05, 0) is 90.8 Å². The van der Waals surface area contributed by atoms with Crippen LogP contribution in [0.5, 0.6) is 0 Å². The van der Waals surface area contributed by atoms with E-state index in [1.165, 1.54) is 0 Å². The third-order valence-corrected chi connectivity index (χ3v) is 11.7. The van der Waals surface area contributed by atoms with Crippen LogP contribution in [0.3, 0.4) is 0 Å². The van der Waals surface area contributed by atoms with Crippen molar-refractivity contribution >= 4 is 5.97 Å². The molecule has 0 unspecified atom stereocenters. The van der Waals surface area contributed by atoms with E-state index in [-0.39, 0.29) is 52.8 Å². The lowest BCUT2D eigenvalue weighted by Gasteiger charge is -2.56. The van der Waals surface area contributed by atoms with E-state index in [9.17, 15) is 25.2 Å².